The standard InChI is InChI=1S/C14H28N2.ClH/c1-12-4-3-5-13(2)16(12)11-8-14-6-9-15-10-7-14;/h12-15H,3-11H2,1-2H3;1H. The molecule has 0 aliphatic carbocycles. The van der Waals surface area contributed by atoms with Gasteiger partial charge in [-0.05, 0) is 71.5 Å². The molecule has 2 atom stereocenters. The third kappa shape index (κ3) is 4.42. The quantitative estimate of drug-likeness (QED) is 0.839. The predicted molar refractivity (Wildman–Crippen MR) is 76.9 cm³/mol. The lowest BCUT2D eigenvalue weighted by Crippen LogP contribution is -2.44. The van der Waals surface area contributed by atoms with Crippen LogP contribution in [0.25, 0.3) is 0 Å². The minimum absolute atomic E-state index is 0. The van der Waals surface area contributed by atoms with E-state index >= 15 is 0 Å². The smallest absolute Gasteiger partial charge is 0.00697 e. The minimum Gasteiger partial charge on any atom is -0.317 e. The molecule has 2 saturated heterocycles. The third-order valence-corrected chi connectivity index (χ3v) is 4.63. The fourth-order valence-corrected chi connectivity index (χ4v) is 3.42. The molecule has 2 fully saturated rings. The average Bonchev–Trinajstić information content (AvgIpc) is 2.30. The van der Waals surface area contributed by atoms with Crippen molar-refractivity contribution in [2.24, 2.45) is 5.92 Å². The highest BCUT2D eigenvalue weighted by Crippen LogP contribution is 2.24. The largest absolute Gasteiger partial charge is 0.317 e. The molecule has 0 amide bonds. The number of nitrogens with zero attached hydrogens (tertiary/aromatic N) is 1. The Kier molecular flexibility index (Phi) is 6.83. The van der Waals surface area contributed by atoms with Crippen LogP contribution in [-0.4, -0.2) is 36.6 Å². The Bertz CT molecular complexity index is 194. The molecule has 0 bridgehead atoms. The molecule has 1 N–H and O–H groups in total. The number of hydrogen-bond donors (Lipinski definition) is 1. The van der Waals surface area contributed by atoms with Crippen LogP contribution in [0.2, 0.25) is 0 Å². The molecule has 0 aromatic rings. The SMILES string of the molecule is CC1CCCC(C)N1CCC1CCNCC1.Cl. The van der Waals surface area contributed by atoms with Gasteiger partial charge in [-0.1, -0.05) is 6.42 Å². The zero-order valence-electron chi connectivity index (χ0n) is 11.5. The summed E-state index contributed by atoms with van der Waals surface area (Å²) < 4.78 is 0. The van der Waals surface area contributed by atoms with Gasteiger partial charge in [0.2, 0.25) is 0 Å². The van der Waals surface area contributed by atoms with Crippen LogP contribution in [0, 0.1) is 5.92 Å². The van der Waals surface area contributed by atoms with Crippen LogP contribution in [0.4, 0.5) is 0 Å². The van der Waals surface area contributed by atoms with Crippen molar-refractivity contribution >= 4 is 12.4 Å². The van der Waals surface area contributed by atoms with Gasteiger partial charge in [-0.2, -0.15) is 0 Å². The van der Waals surface area contributed by atoms with Crippen molar-refractivity contribution in [3.05, 3.63) is 0 Å². The maximum Gasteiger partial charge on any atom is 0.00697 e. The Balaban J connectivity index is 0.00000144. The molecule has 17 heavy (non-hydrogen) atoms. The molecule has 2 aliphatic heterocycles. The molecule has 0 aromatic carbocycles. The Morgan fingerprint density at radius 3 is 2.18 bits per heavy atom. The number of rotatable bonds is 3. The van der Waals surface area contributed by atoms with Gasteiger partial charge in [-0.15, -0.1) is 12.4 Å². The molecule has 2 aliphatic rings. The van der Waals surface area contributed by atoms with Gasteiger partial charge in [-0.3, -0.25) is 4.90 Å². The Morgan fingerprint density at radius 2 is 1.59 bits per heavy atom. The maximum absolute atomic E-state index is 3.46. The van der Waals surface area contributed by atoms with Gasteiger partial charge in [0.1, 0.15) is 0 Å². The van der Waals surface area contributed by atoms with E-state index in [0.29, 0.717) is 0 Å². The second-order valence-corrected chi connectivity index (χ2v) is 5.85. The first-order valence-electron chi connectivity index (χ1n) is 7.24. The lowest BCUT2D eigenvalue weighted by Gasteiger charge is -2.40. The average molecular weight is 261 g/mol. The maximum atomic E-state index is 3.46. The third-order valence-electron chi connectivity index (χ3n) is 4.63. The Labute approximate surface area is 113 Å². The zero-order chi connectivity index (χ0) is 11.4. The lowest BCUT2D eigenvalue weighted by atomic mass is 9.92. The summed E-state index contributed by atoms with van der Waals surface area (Å²) in [6.07, 6.45) is 8.49. The molecular formula is C14H29ClN2. The summed E-state index contributed by atoms with van der Waals surface area (Å²) in [7, 11) is 0. The van der Waals surface area contributed by atoms with E-state index in [9.17, 15) is 0 Å². The summed E-state index contributed by atoms with van der Waals surface area (Å²) in [5.74, 6) is 0.988. The van der Waals surface area contributed by atoms with Crippen molar-refractivity contribution in [2.45, 2.75) is 64.5 Å². The van der Waals surface area contributed by atoms with E-state index < -0.39 is 0 Å². The van der Waals surface area contributed by atoms with Crippen LogP contribution < -0.4 is 5.32 Å². The summed E-state index contributed by atoms with van der Waals surface area (Å²) in [5, 5.41) is 3.46. The van der Waals surface area contributed by atoms with E-state index in [0.717, 1.165) is 18.0 Å². The van der Waals surface area contributed by atoms with Crippen LogP contribution in [0.15, 0.2) is 0 Å². The second-order valence-electron chi connectivity index (χ2n) is 5.85. The summed E-state index contributed by atoms with van der Waals surface area (Å²) in [6, 6.07) is 1.65. The van der Waals surface area contributed by atoms with Gasteiger partial charge in [0.05, 0.1) is 0 Å². The van der Waals surface area contributed by atoms with Gasteiger partial charge >= 0.3 is 0 Å². The molecular weight excluding hydrogens is 232 g/mol. The Morgan fingerprint density at radius 1 is 1.00 bits per heavy atom. The van der Waals surface area contributed by atoms with Gasteiger partial charge < -0.3 is 5.32 Å². The number of likely N-dealkylation sites (tertiary alicyclic amines) is 1. The van der Waals surface area contributed by atoms with E-state index in [4.69, 9.17) is 0 Å². The van der Waals surface area contributed by atoms with Crippen molar-refractivity contribution < 1.29 is 0 Å². The summed E-state index contributed by atoms with van der Waals surface area (Å²) in [5.41, 5.74) is 0. The first kappa shape index (κ1) is 15.3. The number of piperidine rings is 2. The molecule has 2 nitrogen and oxygen atoms in total. The molecule has 102 valence electrons. The minimum atomic E-state index is 0. The fraction of sp³-hybridized carbons (Fsp3) is 1.00. The topological polar surface area (TPSA) is 15.3 Å². The van der Waals surface area contributed by atoms with E-state index in [1.54, 1.807) is 0 Å². The van der Waals surface area contributed by atoms with E-state index in [2.05, 4.69) is 24.1 Å². The normalized spacial score (nSPS) is 32.1. The number of halogens is 1. The van der Waals surface area contributed by atoms with E-state index in [-0.39, 0.29) is 12.4 Å². The van der Waals surface area contributed by atoms with Crippen molar-refractivity contribution in [1.82, 2.24) is 10.2 Å². The first-order valence-corrected chi connectivity index (χ1v) is 7.24. The monoisotopic (exact) mass is 260 g/mol. The number of hydrogen-bond acceptors (Lipinski definition) is 2. The van der Waals surface area contributed by atoms with Crippen molar-refractivity contribution in [3.63, 3.8) is 0 Å². The van der Waals surface area contributed by atoms with Crippen molar-refractivity contribution in [1.29, 1.82) is 0 Å². The van der Waals surface area contributed by atoms with Crippen LogP contribution >= 0.6 is 12.4 Å². The summed E-state index contributed by atoms with van der Waals surface area (Å²) >= 11 is 0. The van der Waals surface area contributed by atoms with Crippen LogP contribution in [0.3, 0.4) is 0 Å². The van der Waals surface area contributed by atoms with E-state index in [1.165, 1.54) is 58.2 Å². The highest BCUT2D eigenvalue weighted by Gasteiger charge is 2.25. The molecule has 0 aromatic heterocycles. The first-order chi connectivity index (χ1) is 7.77. The Hall–Kier alpha value is 0.210. The van der Waals surface area contributed by atoms with Crippen molar-refractivity contribution in [3.8, 4) is 0 Å². The molecule has 2 unspecified atom stereocenters. The fourth-order valence-electron chi connectivity index (χ4n) is 3.42. The zero-order valence-corrected chi connectivity index (χ0v) is 12.3. The van der Waals surface area contributed by atoms with Gasteiger partial charge in [0, 0.05) is 12.1 Å². The van der Waals surface area contributed by atoms with Crippen LogP contribution in [0.1, 0.15) is 52.4 Å². The highest BCUT2D eigenvalue weighted by atomic mass is 35.5. The molecule has 3 heteroatoms. The van der Waals surface area contributed by atoms with Crippen LogP contribution in [-0.2, 0) is 0 Å². The van der Waals surface area contributed by atoms with Crippen LogP contribution in [0.5, 0.6) is 0 Å². The van der Waals surface area contributed by atoms with Gasteiger partial charge in [-0.25, -0.2) is 0 Å². The molecule has 0 spiro atoms. The summed E-state index contributed by atoms with van der Waals surface area (Å²) in [4.78, 5) is 2.76. The van der Waals surface area contributed by atoms with E-state index in [1.807, 2.05) is 0 Å². The van der Waals surface area contributed by atoms with Gasteiger partial charge in [0.15, 0.2) is 0 Å². The molecule has 2 rings (SSSR count). The molecule has 2 heterocycles. The predicted octanol–water partition coefficient (Wildman–Crippen LogP) is 3.06. The van der Waals surface area contributed by atoms with Gasteiger partial charge in [0.25, 0.3) is 0 Å². The second kappa shape index (κ2) is 7.60. The van der Waals surface area contributed by atoms with Crippen molar-refractivity contribution in [2.75, 3.05) is 19.6 Å². The summed E-state index contributed by atoms with van der Waals surface area (Å²) in [6.45, 7) is 8.66. The molecule has 0 radical (unpaired) electrons. The number of nitrogens with one attached hydrogen (secondary N) is 1. The highest BCUT2D eigenvalue weighted by molar-refractivity contribution is 5.85. The molecule has 0 saturated carbocycles. The lowest BCUT2D eigenvalue weighted by molar-refractivity contribution is 0.0934.